The fourth-order valence-electron chi connectivity index (χ4n) is 7.95. The molecule has 246 valence electrons. The van der Waals surface area contributed by atoms with E-state index in [0.717, 1.165) is 60.5 Å². The number of hydrogen-bond acceptors (Lipinski definition) is 7. The number of amides is 2. The van der Waals surface area contributed by atoms with Crippen LogP contribution < -0.4 is 0 Å². The highest BCUT2D eigenvalue weighted by Crippen LogP contribution is 2.48. The number of carbonyl (C=O) groups excluding carboxylic acids is 2. The molecular formula is C39H45N3O5. The molecule has 2 fully saturated rings. The van der Waals surface area contributed by atoms with Crippen LogP contribution in [-0.2, 0) is 16.1 Å². The lowest BCUT2D eigenvalue weighted by atomic mass is 9.67. The van der Waals surface area contributed by atoms with E-state index in [1.54, 1.807) is 24.4 Å². The Bertz CT molecular complexity index is 1610. The Morgan fingerprint density at radius 1 is 1.00 bits per heavy atom. The number of aliphatic hydroxyl groups is 2. The van der Waals surface area contributed by atoms with Crippen molar-refractivity contribution in [3.8, 4) is 5.75 Å². The molecule has 0 radical (unpaired) electrons. The zero-order chi connectivity index (χ0) is 32.9. The maximum atomic E-state index is 14.1. The fourth-order valence-corrected chi connectivity index (χ4v) is 7.95. The number of pyridine rings is 1. The second-order valence-electron chi connectivity index (χ2n) is 13.1. The van der Waals surface area contributed by atoms with Gasteiger partial charge >= 0.3 is 0 Å². The van der Waals surface area contributed by atoms with E-state index in [1.807, 2.05) is 55.5 Å². The van der Waals surface area contributed by atoms with E-state index in [9.17, 15) is 24.9 Å². The van der Waals surface area contributed by atoms with Gasteiger partial charge in [-0.1, -0.05) is 61.0 Å². The second kappa shape index (κ2) is 14.8. The minimum absolute atomic E-state index is 0.120. The van der Waals surface area contributed by atoms with Crippen LogP contribution in [0.1, 0.15) is 62.3 Å². The van der Waals surface area contributed by atoms with Gasteiger partial charge < -0.3 is 15.3 Å². The number of fused-ring (bicyclic) bond motifs is 1. The van der Waals surface area contributed by atoms with Gasteiger partial charge in [-0.05, 0) is 91.1 Å². The number of imide groups is 1. The molecule has 2 saturated heterocycles. The summed E-state index contributed by atoms with van der Waals surface area (Å²) in [4.78, 5) is 36.4. The molecule has 3 heterocycles. The Morgan fingerprint density at radius 3 is 2.45 bits per heavy atom. The number of hydrogen-bond donors (Lipinski definition) is 3. The molecule has 47 heavy (non-hydrogen) atoms. The van der Waals surface area contributed by atoms with Gasteiger partial charge in [0.25, 0.3) is 0 Å². The van der Waals surface area contributed by atoms with Gasteiger partial charge in [0, 0.05) is 37.8 Å². The number of phenols is 1. The van der Waals surface area contributed by atoms with Gasteiger partial charge in [0.2, 0.25) is 11.8 Å². The van der Waals surface area contributed by atoms with E-state index in [0.29, 0.717) is 25.7 Å². The summed E-state index contributed by atoms with van der Waals surface area (Å²) in [5.74, 6) is -1.91. The lowest BCUT2D eigenvalue weighted by Gasteiger charge is -2.37. The molecule has 3 N–H and O–H groups in total. The molecule has 0 unspecified atom stereocenters. The molecule has 4 atom stereocenters. The van der Waals surface area contributed by atoms with Crippen LogP contribution in [0.4, 0.5) is 0 Å². The summed E-state index contributed by atoms with van der Waals surface area (Å²) in [6, 6.07) is 22.9. The third-order valence-corrected chi connectivity index (χ3v) is 10.3. The lowest BCUT2D eigenvalue weighted by molar-refractivity contribution is -0.144. The summed E-state index contributed by atoms with van der Waals surface area (Å²) >= 11 is 0. The average molecular weight is 636 g/mol. The summed E-state index contributed by atoms with van der Waals surface area (Å²) in [5.41, 5.74) is 5.44. The molecule has 8 heteroatoms. The van der Waals surface area contributed by atoms with Crippen molar-refractivity contribution in [1.82, 2.24) is 14.8 Å². The van der Waals surface area contributed by atoms with Crippen molar-refractivity contribution in [3.05, 3.63) is 107 Å². The van der Waals surface area contributed by atoms with E-state index >= 15 is 0 Å². The first-order valence-corrected chi connectivity index (χ1v) is 16.9. The largest absolute Gasteiger partial charge is 0.508 e. The van der Waals surface area contributed by atoms with Crippen molar-refractivity contribution >= 4 is 23.5 Å². The predicted molar refractivity (Wildman–Crippen MR) is 182 cm³/mol. The maximum Gasteiger partial charge on any atom is 0.234 e. The molecule has 2 aliphatic heterocycles. The standard InChI is InChI=1S/C39H45N3O5/c1-2-28-23-32-37(39(47)42(38(32)46)30-16-19-41(20-17-30)24-26-9-4-3-5-10-26)33(25-43)36(28)35(45)15-14-29(34-13-6-7-18-40-34)21-27-11-8-12-31(44)22-27/h3-13,18,21-22,30,32-33,35,37,43-45H,2,14-17,19-20,23-25H2,1H3/b29-21-/t32-,33+,35-,37-/m1/s1. The van der Waals surface area contributed by atoms with Gasteiger partial charge in [-0.15, -0.1) is 0 Å². The zero-order valence-electron chi connectivity index (χ0n) is 27.0. The Labute approximate surface area is 277 Å². The minimum Gasteiger partial charge on any atom is -0.508 e. The number of phenolic OH excluding ortho intramolecular Hbond substituents is 1. The molecule has 3 aliphatic rings. The van der Waals surface area contributed by atoms with Crippen molar-refractivity contribution in [2.45, 2.75) is 64.1 Å². The smallest absolute Gasteiger partial charge is 0.234 e. The predicted octanol–water partition coefficient (Wildman–Crippen LogP) is 5.45. The van der Waals surface area contributed by atoms with Crippen molar-refractivity contribution in [2.24, 2.45) is 17.8 Å². The van der Waals surface area contributed by atoms with E-state index in [4.69, 9.17) is 0 Å². The minimum atomic E-state index is -0.891. The molecule has 0 saturated carbocycles. The Hall–Kier alpha value is -4.11. The normalized spacial score (nSPS) is 23.3. The van der Waals surface area contributed by atoms with E-state index in [2.05, 4.69) is 22.0 Å². The van der Waals surface area contributed by atoms with Crippen LogP contribution >= 0.6 is 0 Å². The number of allylic oxidation sites excluding steroid dienone is 2. The number of benzene rings is 2. The fraction of sp³-hybridized carbons (Fsp3) is 0.410. The van der Waals surface area contributed by atoms with E-state index in [-0.39, 0.29) is 30.2 Å². The molecule has 1 aromatic heterocycles. The highest BCUT2D eigenvalue weighted by atomic mass is 16.3. The topological polar surface area (TPSA) is 114 Å². The van der Waals surface area contributed by atoms with Gasteiger partial charge in [0.05, 0.1) is 30.2 Å². The Balaban J connectivity index is 1.18. The number of nitrogens with zero attached hydrogens (tertiary/aromatic N) is 3. The van der Waals surface area contributed by atoms with Crippen molar-refractivity contribution in [3.63, 3.8) is 0 Å². The Morgan fingerprint density at radius 2 is 1.77 bits per heavy atom. The van der Waals surface area contributed by atoms with Crippen LogP contribution in [0.3, 0.4) is 0 Å². The molecule has 2 aromatic carbocycles. The van der Waals surface area contributed by atoms with Gasteiger partial charge in [-0.2, -0.15) is 0 Å². The number of carbonyl (C=O) groups is 2. The SMILES string of the molecule is CCC1=C([C@H](O)CC/C(=C/c2cccc(O)c2)c2ccccn2)[C@H](CO)[C@@H]2C(=O)N(C3CCN(Cc4ccccc4)CC3)C(=O)[C@@H]2C1. The van der Waals surface area contributed by atoms with Gasteiger partial charge in [-0.3, -0.25) is 24.4 Å². The number of aromatic nitrogens is 1. The second-order valence-corrected chi connectivity index (χ2v) is 13.1. The quantitative estimate of drug-likeness (QED) is 0.190. The maximum absolute atomic E-state index is 14.1. The zero-order valence-corrected chi connectivity index (χ0v) is 27.0. The van der Waals surface area contributed by atoms with Gasteiger partial charge in [-0.25, -0.2) is 0 Å². The molecule has 0 bridgehead atoms. The highest BCUT2D eigenvalue weighted by molar-refractivity contribution is 6.06. The van der Waals surface area contributed by atoms with Gasteiger partial charge in [0.1, 0.15) is 5.75 Å². The summed E-state index contributed by atoms with van der Waals surface area (Å²) in [6.45, 7) is 4.19. The van der Waals surface area contributed by atoms with Crippen LogP contribution in [0.2, 0.25) is 0 Å². The van der Waals surface area contributed by atoms with Crippen molar-refractivity contribution in [1.29, 1.82) is 0 Å². The summed E-state index contributed by atoms with van der Waals surface area (Å²) in [7, 11) is 0. The Kier molecular flexibility index (Phi) is 10.3. The number of piperidine rings is 1. The third kappa shape index (κ3) is 7.10. The van der Waals surface area contributed by atoms with Crippen molar-refractivity contribution in [2.75, 3.05) is 19.7 Å². The monoisotopic (exact) mass is 635 g/mol. The summed E-state index contributed by atoms with van der Waals surface area (Å²) in [6.07, 6.45) is 6.19. The number of likely N-dealkylation sites (tertiary alicyclic amines) is 2. The van der Waals surface area contributed by atoms with Crippen LogP contribution in [0, 0.1) is 17.8 Å². The molecular weight excluding hydrogens is 590 g/mol. The van der Waals surface area contributed by atoms with E-state index in [1.165, 1.54) is 10.5 Å². The molecule has 2 amide bonds. The van der Waals surface area contributed by atoms with Crippen LogP contribution in [0.25, 0.3) is 11.6 Å². The van der Waals surface area contributed by atoms with Crippen LogP contribution in [-0.4, -0.2) is 73.8 Å². The molecule has 8 nitrogen and oxygen atoms in total. The summed E-state index contributed by atoms with van der Waals surface area (Å²) < 4.78 is 0. The number of aliphatic hydroxyl groups excluding tert-OH is 2. The molecule has 3 aromatic rings. The lowest BCUT2D eigenvalue weighted by Crippen LogP contribution is -2.47. The van der Waals surface area contributed by atoms with Crippen molar-refractivity contribution < 1.29 is 24.9 Å². The highest BCUT2D eigenvalue weighted by Gasteiger charge is 2.56. The number of aromatic hydroxyl groups is 1. The first-order valence-electron chi connectivity index (χ1n) is 16.9. The molecule has 1 aliphatic carbocycles. The molecule has 0 spiro atoms. The first kappa shape index (κ1) is 32.8. The van der Waals surface area contributed by atoms with E-state index < -0.39 is 23.9 Å². The average Bonchev–Trinajstić information content (AvgIpc) is 3.35. The van der Waals surface area contributed by atoms with Gasteiger partial charge in [0.15, 0.2) is 0 Å². The first-order chi connectivity index (χ1) is 22.9. The molecule has 6 rings (SSSR count). The number of rotatable bonds is 11. The summed E-state index contributed by atoms with van der Waals surface area (Å²) in [5, 5.41) is 32.5. The van der Waals surface area contributed by atoms with Crippen LogP contribution in [0.15, 0.2) is 90.1 Å². The van der Waals surface area contributed by atoms with Crippen LogP contribution in [0.5, 0.6) is 5.75 Å². The third-order valence-electron chi connectivity index (χ3n) is 10.3.